The van der Waals surface area contributed by atoms with Crippen molar-refractivity contribution in [2.75, 3.05) is 0 Å². The highest BCUT2D eigenvalue weighted by molar-refractivity contribution is 5.92. The maximum absolute atomic E-state index is 4.71. The second-order valence-corrected chi connectivity index (χ2v) is 8.11. The zero-order valence-electron chi connectivity index (χ0n) is 14.6. The summed E-state index contributed by atoms with van der Waals surface area (Å²) in [6, 6.07) is 17.8. The summed E-state index contributed by atoms with van der Waals surface area (Å²) in [6.45, 7) is 9.37. The molecule has 2 aliphatic carbocycles. The summed E-state index contributed by atoms with van der Waals surface area (Å²) >= 11 is 0. The van der Waals surface area contributed by atoms with Crippen molar-refractivity contribution in [2.24, 2.45) is 0 Å². The Labute approximate surface area is 143 Å². The lowest BCUT2D eigenvalue weighted by molar-refractivity contribution is 0.647. The molecular formula is C23H21N. The van der Waals surface area contributed by atoms with Gasteiger partial charge in [0.2, 0.25) is 0 Å². The molecule has 2 aromatic carbocycles. The molecule has 24 heavy (non-hydrogen) atoms. The Bertz CT molecular complexity index is 1010. The van der Waals surface area contributed by atoms with Crippen LogP contribution < -0.4 is 0 Å². The summed E-state index contributed by atoms with van der Waals surface area (Å²) in [6.07, 6.45) is 1.91. The molecule has 5 rings (SSSR count). The van der Waals surface area contributed by atoms with E-state index in [1.165, 1.54) is 38.9 Å². The first-order valence-electron chi connectivity index (χ1n) is 8.68. The summed E-state index contributed by atoms with van der Waals surface area (Å²) < 4.78 is 0. The van der Waals surface area contributed by atoms with Gasteiger partial charge in [-0.2, -0.15) is 0 Å². The average Bonchev–Trinajstić information content (AvgIpc) is 2.96. The van der Waals surface area contributed by atoms with Crippen molar-refractivity contribution < 1.29 is 0 Å². The van der Waals surface area contributed by atoms with Gasteiger partial charge in [0.25, 0.3) is 0 Å². The number of nitrogens with zero attached hydrogens (tertiary/aromatic N) is 1. The smallest absolute Gasteiger partial charge is 0.0746 e. The van der Waals surface area contributed by atoms with Crippen LogP contribution in [0.15, 0.2) is 54.7 Å². The van der Waals surface area contributed by atoms with Gasteiger partial charge in [-0.25, -0.2) is 0 Å². The molecule has 0 radical (unpaired) electrons. The third-order valence-electron chi connectivity index (χ3n) is 6.11. The molecule has 2 aliphatic rings. The van der Waals surface area contributed by atoms with Crippen molar-refractivity contribution >= 4 is 0 Å². The van der Waals surface area contributed by atoms with Gasteiger partial charge in [0.1, 0.15) is 0 Å². The highest BCUT2D eigenvalue weighted by Crippen LogP contribution is 2.58. The molecule has 118 valence electrons. The largest absolute Gasteiger partial charge is 0.256 e. The van der Waals surface area contributed by atoms with Gasteiger partial charge in [0.05, 0.1) is 5.69 Å². The maximum Gasteiger partial charge on any atom is 0.0746 e. The molecule has 0 fully saturated rings. The van der Waals surface area contributed by atoms with Gasteiger partial charge in [-0.3, -0.25) is 4.98 Å². The number of rotatable bonds is 0. The van der Waals surface area contributed by atoms with Crippen LogP contribution in [-0.2, 0) is 10.8 Å². The van der Waals surface area contributed by atoms with Gasteiger partial charge in [-0.05, 0) is 39.4 Å². The second-order valence-electron chi connectivity index (χ2n) is 8.11. The fourth-order valence-corrected chi connectivity index (χ4v) is 4.90. The summed E-state index contributed by atoms with van der Waals surface area (Å²) in [5, 5.41) is 0. The van der Waals surface area contributed by atoms with Gasteiger partial charge in [0.15, 0.2) is 0 Å². The number of fused-ring (bicyclic) bond motifs is 7. The lowest BCUT2D eigenvalue weighted by atomic mass is 9.77. The molecular weight excluding hydrogens is 290 g/mol. The first kappa shape index (κ1) is 14.0. The van der Waals surface area contributed by atoms with E-state index in [-0.39, 0.29) is 10.8 Å². The molecule has 0 amide bonds. The third kappa shape index (κ3) is 1.44. The molecule has 3 aromatic rings. The van der Waals surface area contributed by atoms with E-state index < -0.39 is 0 Å². The molecule has 0 saturated carbocycles. The minimum absolute atomic E-state index is 0.0161. The Balaban J connectivity index is 1.95. The van der Waals surface area contributed by atoms with Crippen LogP contribution in [-0.4, -0.2) is 4.98 Å². The van der Waals surface area contributed by atoms with Crippen molar-refractivity contribution in [1.82, 2.24) is 4.98 Å². The SMILES string of the molecule is CC1(C)c2ccccc2-c2c1ccc1c2C(C)(C)c2cccnc2-1. The first-order chi connectivity index (χ1) is 11.4. The van der Waals surface area contributed by atoms with Crippen LogP contribution in [0.2, 0.25) is 0 Å². The highest BCUT2D eigenvalue weighted by Gasteiger charge is 2.44. The Kier molecular flexibility index (Phi) is 2.42. The van der Waals surface area contributed by atoms with Gasteiger partial charge in [-0.1, -0.05) is 70.2 Å². The van der Waals surface area contributed by atoms with Gasteiger partial charge in [-0.15, -0.1) is 0 Å². The third-order valence-corrected chi connectivity index (χ3v) is 6.11. The van der Waals surface area contributed by atoms with Crippen molar-refractivity contribution in [1.29, 1.82) is 0 Å². The fraction of sp³-hybridized carbons (Fsp3) is 0.261. The topological polar surface area (TPSA) is 12.9 Å². The zero-order chi connectivity index (χ0) is 16.7. The number of pyridine rings is 1. The van der Waals surface area contributed by atoms with Gasteiger partial charge in [0, 0.05) is 22.6 Å². The normalized spacial score (nSPS) is 17.8. The molecule has 1 heteroatoms. The molecule has 1 nitrogen and oxygen atoms in total. The second kappa shape index (κ2) is 4.16. The van der Waals surface area contributed by atoms with Crippen molar-refractivity contribution in [2.45, 2.75) is 38.5 Å². The zero-order valence-corrected chi connectivity index (χ0v) is 14.6. The lowest BCUT2D eigenvalue weighted by Crippen LogP contribution is -2.18. The van der Waals surface area contributed by atoms with Crippen molar-refractivity contribution in [3.63, 3.8) is 0 Å². The van der Waals surface area contributed by atoms with Gasteiger partial charge >= 0.3 is 0 Å². The lowest BCUT2D eigenvalue weighted by Gasteiger charge is -2.25. The van der Waals surface area contributed by atoms with Gasteiger partial charge < -0.3 is 0 Å². The fourth-order valence-electron chi connectivity index (χ4n) is 4.90. The molecule has 0 N–H and O–H groups in total. The van der Waals surface area contributed by atoms with E-state index in [0.717, 1.165) is 5.69 Å². The van der Waals surface area contributed by atoms with E-state index in [4.69, 9.17) is 4.98 Å². The number of hydrogen-bond donors (Lipinski definition) is 0. The minimum Gasteiger partial charge on any atom is -0.256 e. The average molecular weight is 311 g/mol. The van der Waals surface area contributed by atoms with Crippen LogP contribution in [0.5, 0.6) is 0 Å². The molecule has 0 saturated heterocycles. The Morgan fingerprint density at radius 1 is 0.667 bits per heavy atom. The predicted octanol–water partition coefficient (Wildman–Crippen LogP) is 5.69. The molecule has 0 aliphatic heterocycles. The Hall–Kier alpha value is -2.41. The van der Waals surface area contributed by atoms with Crippen LogP contribution in [0.1, 0.15) is 49.9 Å². The number of benzene rings is 2. The van der Waals surface area contributed by atoms with Crippen molar-refractivity contribution in [3.05, 3.63) is 77.0 Å². The first-order valence-corrected chi connectivity index (χ1v) is 8.68. The molecule has 0 bridgehead atoms. The predicted molar refractivity (Wildman–Crippen MR) is 99.4 cm³/mol. The number of hydrogen-bond acceptors (Lipinski definition) is 1. The quantitative estimate of drug-likeness (QED) is 0.519. The van der Waals surface area contributed by atoms with E-state index in [1.807, 2.05) is 6.20 Å². The summed E-state index contributed by atoms with van der Waals surface area (Å²) in [4.78, 5) is 4.71. The number of aromatic nitrogens is 1. The van der Waals surface area contributed by atoms with E-state index in [9.17, 15) is 0 Å². The highest BCUT2D eigenvalue weighted by atomic mass is 14.7. The van der Waals surface area contributed by atoms with Crippen LogP contribution in [0, 0.1) is 0 Å². The molecule has 0 spiro atoms. The molecule has 0 atom stereocenters. The van der Waals surface area contributed by atoms with Crippen LogP contribution >= 0.6 is 0 Å². The summed E-state index contributed by atoms with van der Waals surface area (Å²) in [7, 11) is 0. The summed E-state index contributed by atoms with van der Waals surface area (Å²) in [5.74, 6) is 0. The van der Waals surface area contributed by atoms with E-state index in [1.54, 1.807) is 0 Å². The standard InChI is InChI=1S/C23H21N/c1-22(2)16-9-6-5-8-14(16)19-17(22)12-11-15-20(19)23(3,4)18-10-7-13-24-21(15)18/h5-13H,1-4H3. The Morgan fingerprint density at radius 3 is 2.25 bits per heavy atom. The Morgan fingerprint density at radius 2 is 1.42 bits per heavy atom. The van der Waals surface area contributed by atoms with Crippen LogP contribution in [0.25, 0.3) is 22.4 Å². The van der Waals surface area contributed by atoms with E-state index in [0.29, 0.717) is 0 Å². The molecule has 1 heterocycles. The maximum atomic E-state index is 4.71. The molecule has 0 unspecified atom stereocenters. The summed E-state index contributed by atoms with van der Waals surface area (Å²) in [5.41, 5.74) is 11.0. The van der Waals surface area contributed by atoms with E-state index >= 15 is 0 Å². The van der Waals surface area contributed by atoms with Crippen molar-refractivity contribution in [3.8, 4) is 22.4 Å². The van der Waals surface area contributed by atoms with Crippen LogP contribution in [0.4, 0.5) is 0 Å². The molecule has 1 aromatic heterocycles. The van der Waals surface area contributed by atoms with E-state index in [2.05, 4.69) is 76.2 Å². The minimum atomic E-state index is -0.0161. The monoisotopic (exact) mass is 311 g/mol. The van der Waals surface area contributed by atoms with Crippen LogP contribution in [0.3, 0.4) is 0 Å².